The number of hydrogen-bond acceptors (Lipinski definition) is 5. The number of hydrogen-bond donors (Lipinski definition) is 1. The second kappa shape index (κ2) is 10.7. The molecule has 2 heterocycles. The zero-order chi connectivity index (χ0) is 23.3. The first-order valence-corrected chi connectivity index (χ1v) is 11.0. The van der Waals surface area contributed by atoms with E-state index in [1.807, 2.05) is 50.9 Å². The highest BCUT2D eigenvalue weighted by molar-refractivity contribution is 5.97. The predicted octanol–water partition coefficient (Wildman–Crippen LogP) is 3.61. The summed E-state index contributed by atoms with van der Waals surface area (Å²) in [4.78, 5) is 21.5. The third-order valence-corrected chi connectivity index (χ3v) is 5.79. The van der Waals surface area contributed by atoms with Gasteiger partial charge in [0, 0.05) is 37.3 Å². The van der Waals surface area contributed by atoms with Crippen molar-refractivity contribution in [2.45, 2.75) is 39.5 Å². The molecule has 0 saturated carbocycles. The second-order valence-corrected chi connectivity index (χ2v) is 8.53. The third-order valence-electron chi connectivity index (χ3n) is 5.79. The Hall–Kier alpha value is -2.77. The number of benzene rings is 1. The normalized spacial score (nSPS) is 20.1. The minimum absolute atomic E-state index is 0.0267. The number of amides is 1. The summed E-state index contributed by atoms with van der Waals surface area (Å²) in [7, 11) is 1.92. The molecule has 1 aliphatic rings. The van der Waals surface area contributed by atoms with Gasteiger partial charge in [-0.15, -0.1) is 0 Å². The Bertz CT molecular complexity index is 965. The van der Waals surface area contributed by atoms with Crippen molar-refractivity contribution in [3.8, 4) is 5.88 Å². The maximum Gasteiger partial charge on any atom is 0.259 e. The first kappa shape index (κ1) is 23.9. The van der Waals surface area contributed by atoms with Crippen molar-refractivity contribution in [1.29, 1.82) is 0 Å². The lowest BCUT2D eigenvalue weighted by Crippen LogP contribution is -2.49. The van der Waals surface area contributed by atoms with Crippen LogP contribution >= 0.6 is 0 Å². The number of aliphatic hydroxyl groups is 1. The average Bonchev–Trinajstić information content (AvgIpc) is 2.78. The summed E-state index contributed by atoms with van der Waals surface area (Å²) >= 11 is 0. The number of halogens is 1. The van der Waals surface area contributed by atoms with Gasteiger partial charge in [0.05, 0.1) is 12.6 Å². The van der Waals surface area contributed by atoms with Gasteiger partial charge in [-0.3, -0.25) is 9.69 Å². The number of nitrogens with zero attached hydrogens (tertiary/aromatic N) is 3. The number of aromatic nitrogens is 1. The van der Waals surface area contributed by atoms with E-state index in [4.69, 9.17) is 4.74 Å². The first-order valence-electron chi connectivity index (χ1n) is 11.0. The average molecular weight is 442 g/mol. The van der Waals surface area contributed by atoms with Gasteiger partial charge in [-0.05, 0) is 38.6 Å². The van der Waals surface area contributed by atoms with Crippen LogP contribution in [0.25, 0.3) is 6.08 Å². The van der Waals surface area contributed by atoms with Gasteiger partial charge in [-0.1, -0.05) is 37.3 Å². The Morgan fingerprint density at radius 2 is 2.16 bits per heavy atom. The lowest BCUT2D eigenvalue weighted by molar-refractivity contribution is 0.0324. The van der Waals surface area contributed by atoms with Gasteiger partial charge in [0.15, 0.2) is 0 Å². The molecule has 1 amide bonds. The summed E-state index contributed by atoms with van der Waals surface area (Å²) < 4.78 is 20.4. The molecule has 0 unspecified atom stereocenters. The fourth-order valence-electron chi connectivity index (χ4n) is 3.91. The Kier molecular flexibility index (Phi) is 7.99. The van der Waals surface area contributed by atoms with Crippen LogP contribution in [0.4, 0.5) is 4.39 Å². The van der Waals surface area contributed by atoms with Crippen molar-refractivity contribution in [3.63, 3.8) is 0 Å². The van der Waals surface area contributed by atoms with E-state index in [-0.39, 0.29) is 42.3 Å². The molecule has 0 saturated heterocycles. The molecule has 172 valence electrons. The number of allylic oxidation sites excluding steroid dienone is 1. The van der Waals surface area contributed by atoms with Crippen LogP contribution in [0.1, 0.15) is 42.3 Å². The largest absolute Gasteiger partial charge is 0.472 e. The van der Waals surface area contributed by atoms with Gasteiger partial charge in [0.1, 0.15) is 17.5 Å². The molecule has 0 bridgehead atoms. The molecule has 0 aliphatic carbocycles. The standard InChI is InChI=1S/C25H32FN3O3/c1-5-8-19-11-21-24(27-12-19)32-23(17(2)13-29(25(21)31)18(3)16-30)15-28(4)14-20-9-6-7-10-22(20)26/h5-12,17-18,23,30H,13-16H2,1-4H3/b8-5+/t17-,18+,23+/m1/s1. The maximum atomic E-state index is 14.1. The van der Waals surface area contributed by atoms with Crippen molar-refractivity contribution in [2.24, 2.45) is 5.92 Å². The second-order valence-electron chi connectivity index (χ2n) is 8.53. The number of likely N-dealkylation sites (N-methyl/N-ethyl adjacent to an activating group) is 1. The predicted molar refractivity (Wildman–Crippen MR) is 123 cm³/mol. The Morgan fingerprint density at radius 1 is 1.41 bits per heavy atom. The van der Waals surface area contributed by atoms with Crippen molar-refractivity contribution in [3.05, 3.63) is 65.1 Å². The molecule has 1 N–H and O–H groups in total. The molecule has 0 radical (unpaired) electrons. The van der Waals surface area contributed by atoms with Crippen LogP contribution < -0.4 is 4.74 Å². The summed E-state index contributed by atoms with van der Waals surface area (Å²) in [6.07, 6.45) is 5.17. The van der Waals surface area contributed by atoms with E-state index in [2.05, 4.69) is 4.98 Å². The van der Waals surface area contributed by atoms with Crippen LogP contribution in [0.3, 0.4) is 0 Å². The molecule has 7 heteroatoms. The van der Waals surface area contributed by atoms with Crippen molar-refractivity contribution >= 4 is 12.0 Å². The molecule has 0 spiro atoms. The zero-order valence-corrected chi connectivity index (χ0v) is 19.2. The van der Waals surface area contributed by atoms with Crippen LogP contribution in [-0.4, -0.2) is 64.7 Å². The topological polar surface area (TPSA) is 65.9 Å². The smallest absolute Gasteiger partial charge is 0.259 e. The van der Waals surface area contributed by atoms with Crippen LogP contribution in [0.15, 0.2) is 42.6 Å². The quantitative estimate of drug-likeness (QED) is 0.711. The molecular weight excluding hydrogens is 409 g/mol. The highest BCUT2D eigenvalue weighted by Crippen LogP contribution is 2.28. The van der Waals surface area contributed by atoms with E-state index >= 15 is 0 Å². The molecule has 6 nitrogen and oxygen atoms in total. The van der Waals surface area contributed by atoms with Crippen LogP contribution in [0, 0.1) is 11.7 Å². The number of ether oxygens (including phenoxy) is 1. The van der Waals surface area contributed by atoms with Crippen molar-refractivity contribution in [2.75, 3.05) is 26.7 Å². The summed E-state index contributed by atoms with van der Waals surface area (Å²) in [6.45, 7) is 7.03. The summed E-state index contributed by atoms with van der Waals surface area (Å²) in [5.74, 6) is -0.177. The van der Waals surface area contributed by atoms with E-state index in [1.54, 1.807) is 29.3 Å². The van der Waals surface area contributed by atoms with E-state index in [9.17, 15) is 14.3 Å². The molecule has 0 fully saturated rings. The highest BCUT2D eigenvalue weighted by atomic mass is 19.1. The van der Waals surface area contributed by atoms with E-state index in [0.717, 1.165) is 5.56 Å². The number of fused-ring (bicyclic) bond motifs is 1. The summed E-state index contributed by atoms with van der Waals surface area (Å²) in [5, 5.41) is 9.75. The van der Waals surface area contributed by atoms with Crippen LogP contribution in [0.5, 0.6) is 5.88 Å². The van der Waals surface area contributed by atoms with Gasteiger partial charge in [0.2, 0.25) is 5.88 Å². The molecule has 3 rings (SSSR count). The monoisotopic (exact) mass is 441 g/mol. The third kappa shape index (κ3) is 5.53. The van der Waals surface area contributed by atoms with E-state index in [0.29, 0.717) is 30.8 Å². The van der Waals surface area contributed by atoms with Gasteiger partial charge in [0.25, 0.3) is 5.91 Å². The maximum absolute atomic E-state index is 14.1. The number of pyridine rings is 1. The van der Waals surface area contributed by atoms with Gasteiger partial charge in [-0.25, -0.2) is 9.37 Å². The summed E-state index contributed by atoms with van der Waals surface area (Å²) in [6, 6.07) is 8.18. The zero-order valence-electron chi connectivity index (χ0n) is 19.2. The molecule has 1 aliphatic heterocycles. The Labute approximate surface area is 189 Å². The molecule has 1 aromatic carbocycles. The molecule has 1 aromatic heterocycles. The van der Waals surface area contributed by atoms with Crippen LogP contribution in [-0.2, 0) is 6.54 Å². The number of rotatable bonds is 7. The molecule has 2 aromatic rings. The Balaban J connectivity index is 1.90. The van der Waals surface area contributed by atoms with E-state index < -0.39 is 0 Å². The van der Waals surface area contributed by atoms with Crippen LogP contribution in [0.2, 0.25) is 0 Å². The number of aliphatic hydroxyl groups excluding tert-OH is 1. The highest BCUT2D eigenvalue weighted by Gasteiger charge is 2.34. The minimum atomic E-state index is -0.335. The first-order chi connectivity index (χ1) is 15.3. The SMILES string of the molecule is C/C=C/c1cnc2c(c1)C(=O)N([C@@H](C)CO)C[C@@H](C)[C@H](CN(C)Cc1ccccc1F)O2. The number of carbonyl (C=O) groups is 1. The summed E-state index contributed by atoms with van der Waals surface area (Å²) in [5.41, 5.74) is 1.81. The fourth-order valence-corrected chi connectivity index (χ4v) is 3.91. The van der Waals surface area contributed by atoms with Gasteiger partial charge < -0.3 is 14.7 Å². The molecule has 3 atom stereocenters. The van der Waals surface area contributed by atoms with E-state index in [1.165, 1.54) is 6.07 Å². The lowest BCUT2D eigenvalue weighted by Gasteiger charge is -2.37. The van der Waals surface area contributed by atoms with Gasteiger partial charge in [-0.2, -0.15) is 0 Å². The lowest BCUT2D eigenvalue weighted by atomic mass is 9.99. The van der Waals surface area contributed by atoms with Gasteiger partial charge >= 0.3 is 0 Å². The van der Waals surface area contributed by atoms with Crippen molar-refractivity contribution in [1.82, 2.24) is 14.8 Å². The number of carbonyl (C=O) groups excluding carboxylic acids is 1. The minimum Gasteiger partial charge on any atom is -0.472 e. The fraction of sp³-hybridized carbons (Fsp3) is 0.440. The Morgan fingerprint density at radius 3 is 2.84 bits per heavy atom. The molecule has 32 heavy (non-hydrogen) atoms. The van der Waals surface area contributed by atoms with Crippen molar-refractivity contribution < 1.29 is 19.0 Å². The molecular formula is C25H32FN3O3.